The normalized spacial score (nSPS) is 11.1. The van der Waals surface area contributed by atoms with Crippen molar-refractivity contribution >= 4 is 35.7 Å². The van der Waals surface area contributed by atoms with Crippen molar-refractivity contribution < 1.29 is 9.47 Å². The van der Waals surface area contributed by atoms with Gasteiger partial charge < -0.3 is 19.7 Å². The summed E-state index contributed by atoms with van der Waals surface area (Å²) in [7, 11) is 3.31. The molecule has 0 aliphatic heterocycles. The van der Waals surface area contributed by atoms with E-state index < -0.39 is 0 Å². The molecule has 7 heteroatoms. The fraction of sp³-hybridized carbons (Fsp3) is 0.296. The van der Waals surface area contributed by atoms with E-state index in [4.69, 9.17) is 9.47 Å². The molecule has 0 radical (unpaired) electrons. The summed E-state index contributed by atoms with van der Waals surface area (Å²) in [6.07, 6.45) is 6.17. The number of hydrogen-bond acceptors (Lipinski definition) is 7. The van der Waals surface area contributed by atoms with Crippen LogP contribution in [0.5, 0.6) is 11.5 Å². The highest BCUT2D eigenvalue weighted by molar-refractivity contribution is 5.78. The molecule has 0 atom stereocenters. The predicted octanol–water partition coefficient (Wildman–Crippen LogP) is 5.51. The number of nitrogens with one attached hydrogen (secondary N) is 1. The van der Waals surface area contributed by atoms with E-state index in [-0.39, 0.29) is 0 Å². The largest absolute Gasteiger partial charge is 0.497 e. The average molecular weight is 460 g/mol. The lowest BCUT2D eigenvalue weighted by atomic mass is 10.2. The SMILES string of the molecule is C=Nc1cc(N(CCNC(C)C)c2cc(OC)cc(OC)c2)ccc1/N=C\Cc1cccnc1. The van der Waals surface area contributed by atoms with Gasteiger partial charge >= 0.3 is 0 Å². The molecule has 0 saturated heterocycles. The maximum absolute atomic E-state index is 5.50. The van der Waals surface area contributed by atoms with E-state index in [2.05, 4.69) is 45.8 Å². The van der Waals surface area contributed by atoms with Gasteiger partial charge in [0.2, 0.25) is 0 Å². The van der Waals surface area contributed by atoms with Crippen LogP contribution in [0.1, 0.15) is 19.4 Å². The lowest BCUT2D eigenvalue weighted by Crippen LogP contribution is -2.32. The zero-order valence-electron chi connectivity index (χ0n) is 20.4. The molecular weight excluding hydrogens is 426 g/mol. The molecule has 3 rings (SSSR count). The van der Waals surface area contributed by atoms with Gasteiger partial charge in [0.1, 0.15) is 11.5 Å². The molecule has 0 fully saturated rings. The third-order valence-electron chi connectivity index (χ3n) is 5.26. The van der Waals surface area contributed by atoms with Crippen LogP contribution in [0.4, 0.5) is 22.7 Å². The number of anilines is 2. The van der Waals surface area contributed by atoms with Gasteiger partial charge in [-0.2, -0.15) is 0 Å². The van der Waals surface area contributed by atoms with Gasteiger partial charge in [0, 0.05) is 73.7 Å². The standard InChI is InChI=1S/C27H33N5O2/c1-20(2)30-13-14-32(23-15-24(33-4)18-25(16-23)34-5)22-8-9-26(27(17-22)28-3)31-12-10-21-7-6-11-29-19-21/h6-9,11-12,15-20,30H,3,10,13-14H2,1-2,4-5H3/b31-12-. The number of aromatic nitrogens is 1. The quantitative estimate of drug-likeness (QED) is 0.362. The smallest absolute Gasteiger partial charge is 0.124 e. The third-order valence-corrected chi connectivity index (χ3v) is 5.26. The molecule has 0 saturated carbocycles. The van der Waals surface area contributed by atoms with Crippen molar-refractivity contribution in [3.63, 3.8) is 0 Å². The highest BCUT2D eigenvalue weighted by Gasteiger charge is 2.14. The minimum absolute atomic E-state index is 0.392. The van der Waals surface area contributed by atoms with Gasteiger partial charge in [-0.1, -0.05) is 19.9 Å². The number of hydrogen-bond donors (Lipinski definition) is 1. The predicted molar refractivity (Wildman–Crippen MR) is 141 cm³/mol. The lowest BCUT2D eigenvalue weighted by molar-refractivity contribution is 0.394. The molecule has 1 heterocycles. The van der Waals surface area contributed by atoms with Gasteiger partial charge in [-0.3, -0.25) is 15.0 Å². The van der Waals surface area contributed by atoms with Gasteiger partial charge in [-0.25, -0.2) is 0 Å². The Hall–Kier alpha value is -3.71. The Morgan fingerprint density at radius 3 is 2.41 bits per heavy atom. The minimum Gasteiger partial charge on any atom is -0.497 e. The third kappa shape index (κ3) is 6.89. The fourth-order valence-electron chi connectivity index (χ4n) is 3.50. The number of nitrogens with zero attached hydrogens (tertiary/aromatic N) is 4. The van der Waals surface area contributed by atoms with Gasteiger partial charge in [-0.05, 0) is 36.5 Å². The molecule has 1 N–H and O–H groups in total. The summed E-state index contributed by atoms with van der Waals surface area (Å²) in [6, 6.07) is 16.2. The number of rotatable bonds is 12. The van der Waals surface area contributed by atoms with Crippen LogP contribution in [0, 0.1) is 0 Å². The average Bonchev–Trinajstić information content (AvgIpc) is 2.87. The van der Waals surface area contributed by atoms with E-state index >= 15 is 0 Å². The first-order valence-electron chi connectivity index (χ1n) is 11.3. The van der Waals surface area contributed by atoms with Crippen LogP contribution in [0.3, 0.4) is 0 Å². The maximum Gasteiger partial charge on any atom is 0.124 e. The summed E-state index contributed by atoms with van der Waals surface area (Å²) in [6.45, 7) is 9.59. The second kappa shape index (κ2) is 12.5. The molecule has 1 aromatic heterocycles. The molecule has 2 aromatic carbocycles. The van der Waals surface area contributed by atoms with E-state index in [9.17, 15) is 0 Å². The first-order valence-corrected chi connectivity index (χ1v) is 11.3. The Kier molecular flexibility index (Phi) is 9.17. The second-order valence-electron chi connectivity index (χ2n) is 8.04. The first-order chi connectivity index (χ1) is 16.5. The Morgan fingerprint density at radius 1 is 1.03 bits per heavy atom. The minimum atomic E-state index is 0.392. The van der Waals surface area contributed by atoms with Crippen LogP contribution in [-0.2, 0) is 6.42 Å². The first kappa shape index (κ1) is 24.9. The summed E-state index contributed by atoms with van der Waals surface area (Å²) >= 11 is 0. The highest BCUT2D eigenvalue weighted by atomic mass is 16.5. The molecule has 34 heavy (non-hydrogen) atoms. The summed E-state index contributed by atoms with van der Waals surface area (Å²) in [5.41, 5.74) is 4.54. The van der Waals surface area contributed by atoms with Crippen molar-refractivity contribution in [1.82, 2.24) is 10.3 Å². The van der Waals surface area contributed by atoms with E-state index in [1.54, 1.807) is 20.4 Å². The Morgan fingerprint density at radius 2 is 1.79 bits per heavy atom. The van der Waals surface area contributed by atoms with Crippen LogP contribution in [0.25, 0.3) is 0 Å². The molecule has 0 amide bonds. The number of benzene rings is 2. The van der Waals surface area contributed by atoms with E-state index in [1.807, 2.05) is 60.9 Å². The zero-order chi connectivity index (χ0) is 24.3. The van der Waals surface area contributed by atoms with Gasteiger partial charge in [0.25, 0.3) is 0 Å². The molecule has 0 spiro atoms. The summed E-state index contributed by atoms with van der Waals surface area (Å²) < 4.78 is 11.0. The van der Waals surface area contributed by atoms with Crippen molar-refractivity contribution in [2.45, 2.75) is 26.3 Å². The molecule has 0 aliphatic rings. The Labute approximate surface area is 202 Å². The molecule has 0 unspecified atom stereocenters. The molecule has 0 aliphatic carbocycles. The Bertz CT molecular complexity index is 1080. The molecule has 0 bridgehead atoms. The number of methoxy groups -OCH3 is 2. The number of aliphatic imine (C=N–C) groups is 2. The summed E-state index contributed by atoms with van der Waals surface area (Å²) in [5, 5.41) is 3.49. The van der Waals surface area contributed by atoms with Crippen LogP contribution >= 0.6 is 0 Å². The van der Waals surface area contributed by atoms with E-state index in [0.717, 1.165) is 52.9 Å². The van der Waals surface area contributed by atoms with Crippen LogP contribution in [0.2, 0.25) is 0 Å². The molecule has 7 nitrogen and oxygen atoms in total. The molecule has 3 aromatic rings. The molecular formula is C27H33N5O2. The van der Waals surface area contributed by atoms with Crippen molar-refractivity contribution in [1.29, 1.82) is 0 Å². The summed E-state index contributed by atoms with van der Waals surface area (Å²) in [4.78, 5) is 15.2. The Balaban J connectivity index is 1.91. The topological polar surface area (TPSA) is 71.3 Å². The van der Waals surface area contributed by atoms with Crippen molar-refractivity contribution in [3.8, 4) is 11.5 Å². The van der Waals surface area contributed by atoms with Gasteiger partial charge in [0.15, 0.2) is 0 Å². The lowest BCUT2D eigenvalue weighted by Gasteiger charge is -2.27. The van der Waals surface area contributed by atoms with E-state index in [1.165, 1.54) is 0 Å². The van der Waals surface area contributed by atoms with Crippen LogP contribution < -0.4 is 19.7 Å². The van der Waals surface area contributed by atoms with Gasteiger partial charge in [0.05, 0.1) is 25.6 Å². The van der Waals surface area contributed by atoms with E-state index in [0.29, 0.717) is 12.5 Å². The molecule has 178 valence electrons. The second-order valence-corrected chi connectivity index (χ2v) is 8.04. The van der Waals surface area contributed by atoms with Crippen molar-refractivity contribution in [2.24, 2.45) is 9.98 Å². The summed E-state index contributed by atoms with van der Waals surface area (Å²) in [5.74, 6) is 1.46. The van der Waals surface area contributed by atoms with Gasteiger partial charge in [-0.15, -0.1) is 0 Å². The fourth-order valence-corrected chi connectivity index (χ4v) is 3.50. The number of pyridine rings is 1. The van der Waals surface area contributed by atoms with Crippen molar-refractivity contribution in [3.05, 3.63) is 66.5 Å². The van der Waals surface area contributed by atoms with Crippen LogP contribution in [0.15, 0.2) is 70.9 Å². The number of ether oxygens (including phenoxy) is 2. The monoisotopic (exact) mass is 459 g/mol. The van der Waals surface area contributed by atoms with Crippen molar-refractivity contribution in [2.75, 3.05) is 32.2 Å². The zero-order valence-corrected chi connectivity index (χ0v) is 20.4. The maximum atomic E-state index is 5.50. The highest BCUT2D eigenvalue weighted by Crippen LogP contribution is 2.37. The van der Waals surface area contributed by atoms with Crippen LogP contribution in [-0.4, -0.2) is 51.3 Å².